The van der Waals surface area contributed by atoms with Gasteiger partial charge in [0.1, 0.15) is 11.7 Å². The summed E-state index contributed by atoms with van der Waals surface area (Å²) in [5, 5.41) is 2.79. The number of aryl methyl sites for hydroxylation is 1. The van der Waals surface area contributed by atoms with Crippen molar-refractivity contribution in [2.24, 2.45) is 0 Å². The van der Waals surface area contributed by atoms with Crippen LogP contribution in [0.1, 0.15) is 21.6 Å². The number of carbonyl (C=O) groups is 2. The first kappa shape index (κ1) is 17.2. The Bertz CT molecular complexity index is 1020. The summed E-state index contributed by atoms with van der Waals surface area (Å²) in [6.45, 7) is 2.53. The van der Waals surface area contributed by atoms with Crippen molar-refractivity contribution < 1.29 is 14.0 Å². The van der Waals surface area contributed by atoms with E-state index in [0.29, 0.717) is 25.2 Å². The fraction of sp³-hybridized carbons (Fsp3) is 0.250. The maximum Gasteiger partial charge on any atom is 0.278 e. The van der Waals surface area contributed by atoms with Crippen molar-refractivity contribution in [2.45, 2.75) is 19.4 Å². The minimum atomic E-state index is -0.709. The Balaban J connectivity index is 1.68. The summed E-state index contributed by atoms with van der Waals surface area (Å²) in [6, 6.07) is 12.2. The van der Waals surface area contributed by atoms with E-state index in [1.165, 1.54) is 9.30 Å². The van der Waals surface area contributed by atoms with Gasteiger partial charge in [-0.1, -0.05) is 30.3 Å². The molecule has 1 fully saturated rings. The molecule has 7 heteroatoms. The van der Waals surface area contributed by atoms with E-state index in [1.807, 2.05) is 37.3 Å². The van der Waals surface area contributed by atoms with Gasteiger partial charge in [-0.2, -0.15) is 4.39 Å². The highest BCUT2D eigenvalue weighted by molar-refractivity contribution is 5.97. The number of hydrogen-bond donors (Lipinski definition) is 1. The number of imidazole rings is 1. The van der Waals surface area contributed by atoms with Gasteiger partial charge in [0, 0.05) is 25.7 Å². The number of nitrogens with zero attached hydrogens (tertiary/aromatic N) is 3. The maximum absolute atomic E-state index is 14.8. The molecule has 1 atom stereocenters. The number of hydrogen-bond acceptors (Lipinski definition) is 3. The first-order chi connectivity index (χ1) is 13.0. The van der Waals surface area contributed by atoms with Crippen LogP contribution in [0, 0.1) is 12.9 Å². The van der Waals surface area contributed by atoms with E-state index in [1.54, 1.807) is 18.3 Å². The van der Waals surface area contributed by atoms with Crippen LogP contribution in [-0.2, 0) is 11.2 Å². The summed E-state index contributed by atoms with van der Waals surface area (Å²) in [5.74, 6) is -1.51. The average molecular weight is 366 g/mol. The predicted molar refractivity (Wildman–Crippen MR) is 97.9 cm³/mol. The van der Waals surface area contributed by atoms with Crippen molar-refractivity contribution in [3.05, 3.63) is 71.4 Å². The Kier molecular flexibility index (Phi) is 4.35. The van der Waals surface area contributed by atoms with Crippen molar-refractivity contribution in [3.63, 3.8) is 0 Å². The van der Waals surface area contributed by atoms with Gasteiger partial charge in [0.05, 0.1) is 0 Å². The Morgan fingerprint density at radius 2 is 2.07 bits per heavy atom. The van der Waals surface area contributed by atoms with Crippen molar-refractivity contribution in [2.75, 3.05) is 13.1 Å². The van der Waals surface area contributed by atoms with Gasteiger partial charge >= 0.3 is 0 Å². The van der Waals surface area contributed by atoms with E-state index in [2.05, 4.69) is 10.3 Å². The number of pyridine rings is 1. The number of halogens is 1. The summed E-state index contributed by atoms with van der Waals surface area (Å²) >= 11 is 0. The van der Waals surface area contributed by atoms with Crippen molar-refractivity contribution in [1.29, 1.82) is 0 Å². The van der Waals surface area contributed by atoms with Crippen LogP contribution in [0.5, 0.6) is 0 Å². The molecule has 1 aliphatic rings. The number of rotatable bonds is 3. The van der Waals surface area contributed by atoms with Gasteiger partial charge in [0.2, 0.25) is 11.9 Å². The smallest absolute Gasteiger partial charge is 0.278 e. The van der Waals surface area contributed by atoms with Crippen molar-refractivity contribution in [3.8, 4) is 0 Å². The maximum atomic E-state index is 14.8. The zero-order valence-corrected chi connectivity index (χ0v) is 14.9. The molecule has 1 N–H and O–H groups in total. The molecule has 27 heavy (non-hydrogen) atoms. The number of nitrogens with one attached hydrogen (secondary N) is 1. The number of piperazine rings is 1. The molecule has 1 aliphatic heterocycles. The van der Waals surface area contributed by atoms with E-state index in [9.17, 15) is 14.0 Å². The molecule has 2 aromatic heterocycles. The molecule has 2 amide bonds. The molecule has 0 spiro atoms. The van der Waals surface area contributed by atoms with E-state index in [0.717, 1.165) is 11.1 Å². The van der Waals surface area contributed by atoms with Gasteiger partial charge in [-0.25, -0.2) is 4.98 Å². The molecule has 138 valence electrons. The number of aromatic nitrogens is 2. The van der Waals surface area contributed by atoms with Gasteiger partial charge in [-0.05, 0) is 30.2 Å². The molecule has 3 heterocycles. The first-order valence-electron chi connectivity index (χ1n) is 8.81. The van der Waals surface area contributed by atoms with Gasteiger partial charge in [0.25, 0.3) is 5.91 Å². The molecule has 1 saturated heterocycles. The largest absolute Gasteiger partial charge is 0.353 e. The summed E-state index contributed by atoms with van der Waals surface area (Å²) in [4.78, 5) is 31.1. The highest BCUT2D eigenvalue weighted by Crippen LogP contribution is 2.19. The summed E-state index contributed by atoms with van der Waals surface area (Å²) in [6.07, 6.45) is 1.92. The molecule has 0 aliphatic carbocycles. The third-order valence-electron chi connectivity index (χ3n) is 4.79. The lowest BCUT2D eigenvalue weighted by molar-refractivity contribution is -0.127. The monoisotopic (exact) mass is 366 g/mol. The molecule has 4 rings (SSSR count). The van der Waals surface area contributed by atoms with Gasteiger partial charge in [-0.15, -0.1) is 0 Å². The Morgan fingerprint density at radius 1 is 1.30 bits per heavy atom. The lowest BCUT2D eigenvalue weighted by Gasteiger charge is -2.34. The van der Waals surface area contributed by atoms with Crippen LogP contribution < -0.4 is 5.32 Å². The number of amides is 2. The average Bonchev–Trinajstić information content (AvgIpc) is 2.99. The molecule has 0 bridgehead atoms. The minimum Gasteiger partial charge on any atom is -0.353 e. The second kappa shape index (κ2) is 6.83. The highest BCUT2D eigenvalue weighted by atomic mass is 19.1. The zero-order valence-electron chi connectivity index (χ0n) is 14.9. The van der Waals surface area contributed by atoms with E-state index < -0.39 is 17.9 Å². The van der Waals surface area contributed by atoms with Gasteiger partial charge in [0.15, 0.2) is 5.69 Å². The van der Waals surface area contributed by atoms with Crippen LogP contribution in [-0.4, -0.2) is 45.2 Å². The molecular weight excluding hydrogens is 347 g/mol. The van der Waals surface area contributed by atoms with E-state index in [-0.39, 0.29) is 11.6 Å². The first-order valence-corrected chi connectivity index (χ1v) is 8.81. The van der Waals surface area contributed by atoms with Crippen molar-refractivity contribution >= 4 is 17.5 Å². The third-order valence-corrected chi connectivity index (χ3v) is 4.79. The highest BCUT2D eigenvalue weighted by Gasteiger charge is 2.36. The van der Waals surface area contributed by atoms with Crippen LogP contribution in [0.15, 0.2) is 48.7 Å². The molecule has 1 aromatic carbocycles. The topological polar surface area (TPSA) is 66.7 Å². The number of benzene rings is 1. The van der Waals surface area contributed by atoms with Gasteiger partial charge in [-0.3, -0.25) is 14.0 Å². The number of carbonyl (C=O) groups excluding carboxylic acids is 2. The lowest BCUT2D eigenvalue weighted by atomic mass is 10.0. The Morgan fingerprint density at radius 3 is 2.85 bits per heavy atom. The molecular formula is C20H19FN4O2. The zero-order chi connectivity index (χ0) is 19.0. The molecule has 6 nitrogen and oxygen atoms in total. The molecule has 1 unspecified atom stereocenters. The normalized spacial score (nSPS) is 17.2. The van der Waals surface area contributed by atoms with Crippen LogP contribution in [0.2, 0.25) is 0 Å². The molecule has 0 radical (unpaired) electrons. The fourth-order valence-electron chi connectivity index (χ4n) is 3.39. The van der Waals surface area contributed by atoms with Crippen LogP contribution in [0.4, 0.5) is 4.39 Å². The van der Waals surface area contributed by atoms with E-state index in [4.69, 9.17) is 0 Å². The molecule has 0 saturated carbocycles. The third kappa shape index (κ3) is 3.16. The molecule has 3 aromatic rings. The summed E-state index contributed by atoms with van der Waals surface area (Å²) in [7, 11) is 0. The summed E-state index contributed by atoms with van der Waals surface area (Å²) in [5.41, 5.74) is 1.97. The van der Waals surface area contributed by atoms with Gasteiger partial charge < -0.3 is 10.2 Å². The lowest BCUT2D eigenvalue weighted by Crippen LogP contribution is -2.58. The second-order valence-corrected chi connectivity index (χ2v) is 6.68. The van der Waals surface area contributed by atoms with Crippen molar-refractivity contribution in [1.82, 2.24) is 19.6 Å². The fourth-order valence-corrected chi connectivity index (χ4v) is 3.39. The van der Waals surface area contributed by atoms with Crippen LogP contribution >= 0.6 is 0 Å². The quantitative estimate of drug-likeness (QED) is 0.771. The van der Waals surface area contributed by atoms with Crippen LogP contribution in [0.25, 0.3) is 5.65 Å². The second-order valence-electron chi connectivity index (χ2n) is 6.68. The van der Waals surface area contributed by atoms with Crippen LogP contribution in [0.3, 0.4) is 0 Å². The summed E-state index contributed by atoms with van der Waals surface area (Å²) < 4.78 is 16.0. The van der Waals surface area contributed by atoms with E-state index >= 15 is 0 Å². The standard InChI is InChI=1S/C20H19FN4O2/c1-13-7-9-25-16(11-13)23-17(18(25)21)20(27)24-10-8-22-19(26)15(24)12-14-5-3-2-4-6-14/h2-7,9,11,15H,8,10,12H2,1H3,(H,22,26). The SMILES string of the molecule is Cc1ccn2c(F)c(C(=O)N3CCNC(=O)C3Cc3ccccc3)nc2c1. The predicted octanol–water partition coefficient (Wildman–Crippen LogP) is 1.97. The number of fused-ring (bicyclic) bond motifs is 1. The Labute approximate surface area is 155 Å². The minimum absolute atomic E-state index is 0.238. The Hall–Kier alpha value is -3.22.